The maximum Gasteiger partial charge on any atom is 0.238 e. The number of pyridine rings is 1. The Bertz CT molecular complexity index is 692. The lowest BCUT2D eigenvalue weighted by Gasteiger charge is -2.31. The summed E-state index contributed by atoms with van der Waals surface area (Å²) < 4.78 is 0. The van der Waals surface area contributed by atoms with Gasteiger partial charge in [0.2, 0.25) is 5.91 Å². The molecule has 0 saturated carbocycles. The van der Waals surface area contributed by atoms with Crippen LogP contribution in [0.3, 0.4) is 0 Å². The van der Waals surface area contributed by atoms with E-state index in [1.165, 1.54) is 6.20 Å². The van der Waals surface area contributed by atoms with Gasteiger partial charge in [-0.2, -0.15) is 0 Å². The number of hydrogen-bond donors (Lipinski definition) is 2. The van der Waals surface area contributed by atoms with Crippen molar-refractivity contribution in [3.8, 4) is 5.75 Å². The second-order valence-electron chi connectivity index (χ2n) is 6.41. The molecule has 1 amide bonds. The molecule has 126 valence electrons. The van der Waals surface area contributed by atoms with E-state index in [0.717, 1.165) is 42.9 Å². The van der Waals surface area contributed by atoms with Crippen LogP contribution < -0.4 is 5.32 Å². The van der Waals surface area contributed by atoms with Gasteiger partial charge in [0.05, 0.1) is 12.7 Å². The fourth-order valence-corrected chi connectivity index (χ4v) is 3.15. The molecule has 0 aliphatic carbocycles. The largest absolute Gasteiger partial charge is 0.506 e. The minimum atomic E-state index is 0.0295. The van der Waals surface area contributed by atoms with Gasteiger partial charge in [-0.05, 0) is 62.7 Å². The predicted molar refractivity (Wildman–Crippen MR) is 94.1 cm³/mol. The van der Waals surface area contributed by atoms with Crippen LogP contribution in [0.15, 0.2) is 42.6 Å². The van der Waals surface area contributed by atoms with Gasteiger partial charge >= 0.3 is 0 Å². The summed E-state index contributed by atoms with van der Waals surface area (Å²) in [6.45, 7) is 4.20. The number of amides is 1. The van der Waals surface area contributed by atoms with Crippen molar-refractivity contribution in [2.75, 3.05) is 25.0 Å². The number of rotatable bonds is 4. The van der Waals surface area contributed by atoms with Crippen molar-refractivity contribution in [1.82, 2.24) is 9.88 Å². The van der Waals surface area contributed by atoms with Crippen LogP contribution in [0.25, 0.3) is 0 Å². The molecule has 3 rings (SSSR count). The highest BCUT2D eigenvalue weighted by Crippen LogP contribution is 2.27. The van der Waals surface area contributed by atoms with Crippen molar-refractivity contribution in [3.05, 3.63) is 53.9 Å². The Morgan fingerprint density at radius 3 is 2.75 bits per heavy atom. The second-order valence-corrected chi connectivity index (χ2v) is 6.41. The van der Waals surface area contributed by atoms with Crippen molar-refractivity contribution in [1.29, 1.82) is 0 Å². The number of nitrogens with one attached hydrogen (secondary N) is 1. The average Bonchev–Trinajstić information content (AvgIpc) is 2.56. The van der Waals surface area contributed by atoms with Gasteiger partial charge in [0.15, 0.2) is 0 Å². The second kappa shape index (κ2) is 7.45. The summed E-state index contributed by atoms with van der Waals surface area (Å²) in [5.74, 6) is 0.632. The highest BCUT2D eigenvalue weighted by Gasteiger charge is 2.22. The molecule has 0 atom stereocenters. The third kappa shape index (κ3) is 4.32. The number of hydrogen-bond acceptors (Lipinski definition) is 4. The van der Waals surface area contributed by atoms with Crippen LogP contribution >= 0.6 is 0 Å². The van der Waals surface area contributed by atoms with Crippen LogP contribution in [0, 0.1) is 6.92 Å². The van der Waals surface area contributed by atoms with Gasteiger partial charge in [0, 0.05) is 17.3 Å². The monoisotopic (exact) mass is 325 g/mol. The summed E-state index contributed by atoms with van der Waals surface area (Å²) in [5, 5.41) is 12.3. The van der Waals surface area contributed by atoms with Gasteiger partial charge in [-0.3, -0.25) is 14.7 Å². The van der Waals surface area contributed by atoms with E-state index < -0.39 is 0 Å². The van der Waals surface area contributed by atoms with E-state index in [4.69, 9.17) is 0 Å². The summed E-state index contributed by atoms with van der Waals surface area (Å²) in [6.07, 6.45) is 3.46. The summed E-state index contributed by atoms with van der Waals surface area (Å²) in [5.41, 5.74) is 3.01. The van der Waals surface area contributed by atoms with E-state index >= 15 is 0 Å². The Morgan fingerprint density at radius 2 is 2.08 bits per heavy atom. The summed E-state index contributed by atoms with van der Waals surface area (Å²) >= 11 is 0. The van der Waals surface area contributed by atoms with Gasteiger partial charge in [0.1, 0.15) is 5.75 Å². The molecule has 2 heterocycles. The average molecular weight is 325 g/mol. The number of piperidine rings is 1. The van der Waals surface area contributed by atoms with Gasteiger partial charge < -0.3 is 10.4 Å². The first-order valence-electron chi connectivity index (χ1n) is 8.34. The van der Waals surface area contributed by atoms with E-state index in [9.17, 15) is 9.90 Å². The molecule has 0 unspecified atom stereocenters. The number of nitrogens with zero attached hydrogens (tertiary/aromatic N) is 2. The molecule has 24 heavy (non-hydrogen) atoms. The lowest BCUT2D eigenvalue weighted by atomic mass is 9.93. The Hall–Kier alpha value is -2.40. The first-order chi connectivity index (χ1) is 11.6. The number of carbonyl (C=O) groups excluding carboxylic acids is 1. The van der Waals surface area contributed by atoms with Crippen LogP contribution in [0.1, 0.15) is 30.0 Å². The zero-order valence-corrected chi connectivity index (χ0v) is 13.9. The molecule has 1 aliphatic rings. The lowest BCUT2D eigenvalue weighted by molar-refractivity contribution is -0.117. The van der Waals surface area contributed by atoms with Crippen molar-refractivity contribution < 1.29 is 9.90 Å². The molecular formula is C19H23N3O2. The topological polar surface area (TPSA) is 65.5 Å². The number of aryl methyl sites for hydroxylation is 1. The Labute approximate surface area is 142 Å². The number of carbonyl (C=O) groups is 1. The highest BCUT2D eigenvalue weighted by atomic mass is 16.3. The van der Waals surface area contributed by atoms with Gasteiger partial charge in [-0.15, -0.1) is 0 Å². The molecule has 1 saturated heterocycles. The number of aromatic nitrogens is 1. The van der Waals surface area contributed by atoms with Gasteiger partial charge in [-0.1, -0.05) is 12.1 Å². The zero-order chi connectivity index (χ0) is 16.9. The quantitative estimate of drug-likeness (QED) is 0.907. The molecule has 0 radical (unpaired) electrons. The van der Waals surface area contributed by atoms with Crippen LogP contribution in [0.2, 0.25) is 0 Å². The maximum absolute atomic E-state index is 12.2. The number of likely N-dealkylation sites (tertiary alicyclic amines) is 1. The highest BCUT2D eigenvalue weighted by molar-refractivity contribution is 5.92. The number of benzene rings is 1. The van der Waals surface area contributed by atoms with Crippen molar-refractivity contribution in [2.45, 2.75) is 25.7 Å². The standard InChI is InChI=1S/C19H23N3O2/c1-14-3-2-4-16(11-14)21-19(24)13-22-9-7-15(8-10-22)18-6-5-17(23)12-20-18/h2-6,11-12,15,23H,7-10,13H2,1H3,(H,21,24). The molecule has 1 aromatic carbocycles. The van der Waals surface area contributed by atoms with Crippen LogP contribution in [0.5, 0.6) is 5.75 Å². The Balaban J connectivity index is 1.48. The third-order valence-corrected chi connectivity index (χ3v) is 4.45. The van der Waals surface area contributed by atoms with Gasteiger partial charge in [0.25, 0.3) is 0 Å². The summed E-state index contributed by atoms with van der Waals surface area (Å²) in [6, 6.07) is 11.4. The molecule has 1 aliphatic heterocycles. The normalized spacial score (nSPS) is 16.0. The smallest absolute Gasteiger partial charge is 0.238 e. The van der Waals surface area contributed by atoms with E-state index in [-0.39, 0.29) is 11.7 Å². The van der Waals surface area contributed by atoms with Crippen LogP contribution in [-0.2, 0) is 4.79 Å². The predicted octanol–water partition coefficient (Wildman–Crippen LogP) is 2.91. The Morgan fingerprint density at radius 1 is 1.29 bits per heavy atom. The first kappa shape index (κ1) is 16.5. The minimum absolute atomic E-state index is 0.0295. The van der Waals surface area contributed by atoms with E-state index in [2.05, 4.69) is 15.2 Å². The molecule has 0 spiro atoms. The fourth-order valence-electron chi connectivity index (χ4n) is 3.15. The molecule has 5 heteroatoms. The molecule has 0 bridgehead atoms. The molecule has 1 aromatic heterocycles. The van der Waals surface area contributed by atoms with Gasteiger partial charge in [-0.25, -0.2) is 0 Å². The summed E-state index contributed by atoms with van der Waals surface area (Å²) in [7, 11) is 0. The molecule has 2 aromatic rings. The van der Waals surface area contributed by atoms with Crippen LogP contribution in [0.4, 0.5) is 5.69 Å². The van der Waals surface area contributed by atoms with Crippen molar-refractivity contribution >= 4 is 11.6 Å². The van der Waals surface area contributed by atoms with E-state index in [1.807, 2.05) is 37.3 Å². The molecule has 2 N–H and O–H groups in total. The number of aromatic hydroxyl groups is 1. The van der Waals surface area contributed by atoms with Crippen LogP contribution in [-0.4, -0.2) is 40.5 Å². The van der Waals surface area contributed by atoms with Crippen molar-refractivity contribution in [3.63, 3.8) is 0 Å². The SMILES string of the molecule is Cc1cccc(NC(=O)CN2CCC(c3ccc(O)cn3)CC2)c1. The first-order valence-corrected chi connectivity index (χ1v) is 8.34. The minimum Gasteiger partial charge on any atom is -0.506 e. The van der Waals surface area contributed by atoms with Crippen molar-refractivity contribution in [2.24, 2.45) is 0 Å². The number of anilines is 1. The summed E-state index contributed by atoms with van der Waals surface area (Å²) in [4.78, 5) is 18.7. The Kier molecular flexibility index (Phi) is 5.11. The molecular weight excluding hydrogens is 302 g/mol. The molecule has 5 nitrogen and oxygen atoms in total. The van der Waals surface area contributed by atoms with E-state index in [1.54, 1.807) is 6.07 Å². The van der Waals surface area contributed by atoms with E-state index in [0.29, 0.717) is 12.5 Å². The maximum atomic E-state index is 12.2. The third-order valence-electron chi connectivity index (χ3n) is 4.45. The lowest BCUT2D eigenvalue weighted by Crippen LogP contribution is -2.38. The molecule has 1 fully saturated rings. The zero-order valence-electron chi connectivity index (χ0n) is 13.9. The fraction of sp³-hybridized carbons (Fsp3) is 0.368.